The molecule has 7 heteroatoms. The number of aliphatic hydroxyl groups is 1. The molecule has 0 bridgehead atoms. The van der Waals surface area contributed by atoms with E-state index >= 15 is 0 Å². The molecule has 1 saturated heterocycles. The molecular formula is C24H28N2O5. The molecule has 2 aromatic carbocycles. The molecule has 1 heterocycles. The van der Waals surface area contributed by atoms with Crippen LogP contribution >= 0.6 is 0 Å². The third kappa shape index (κ3) is 4.27. The third-order valence-electron chi connectivity index (χ3n) is 5.60. The largest absolute Gasteiger partial charge is 0.507 e. The van der Waals surface area contributed by atoms with Crippen LogP contribution < -0.4 is 4.74 Å². The first-order chi connectivity index (χ1) is 14.6. The minimum atomic E-state index is -0.795. The quantitative estimate of drug-likeness (QED) is 0.421. The van der Waals surface area contributed by atoms with Gasteiger partial charge < -0.3 is 24.7 Å². The number of phenols is 1. The summed E-state index contributed by atoms with van der Waals surface area (Å²) in [5.74, 6) is -1.42. The Bertz CT molecular complexity index is 1060. The van der Waals surface area contributed by atoms with Crippen LogP contribution in [0.2, 0.25) is 0 Å². The SMILES string of the molecule is COc1cccc([C@H]2C(=C(O)c3cc(C)c(C)cc3O)C(=O)C(=O)N2CCN(C)C)c1. The Hall–Kier alpha value is -3.32. The van der Waals surface area contributed by atoms with Gasteiger partial charge in [0.25, 0.3) is 11.7 Å². The van der Waals surface area contributed by atoms with Gasteiger partial charge in [-0.3, -0.25) is 9.59 Å². The lowest BCUT2D eigenvalue weighted by atomic mass is 9.93. The van der Waals surface area contributed by atoms with Crippen LogP contribution in [0.25, 0.3) is 5.76 Å². The number of carbonyl (C=O) groups excluding carboxylic acids is 2. The minimum Gasteiger partial charge on any atom is -0.507 e. The molecular weight excluding hydrogens is 396 g/mol. The van der Waals surface area contributed by atoms with Gasteiger partial charge in [-0.1, -0.05) is 12.1 Å². The molecule has 31 heavy (non-hydrogen) atoms. The zero-order valence-electron chi connectivity index (χ0n) is 18.5. The number of aryl methyl sites for hydroxylation is 2. The number of aliphatic hydroxyl groups excluding tert-OH is 1. The lowest BCUT2D eigenvalue weighted by Gasteiger charge is -2.27. The van der Waals surface area contributed by atoms with E-state index in [0.717, 1.165) is 11.1 Å². The highest BCUT2D eigenvalue weighted by Crippen LogP contribution is 2.41. The summed E-state index contributed by atoms with van der Waals surface area (Å²) >= 11 is 0. The number of methoxy groups -OCH3 is 1. The van der Waals surface area contributed by atoms with Crippen molar-refractivity contribution < 1.29 is 24.5 Å². The predicted octanol–water partition coefficient (Wildman–Crippen LogP) is 3.00. The van der Waals surface area contributed by atoms with Gasteiger partial charge in [-0.2, -0.15) is 0 Å². The summed E-state index contributed by atoms with van der Waals surface area (Å²) in [7, 11) is 5.30. The zero-order valence-corrected chi connectivity index (χ0v) is 18.5. The molecule has 2 N–H and O–H groups in total. The predicted molar refractivity (Wildman–Crippen MR) is 118 cm³/mol. The highest BCUT2D eigenvalue weighted by atomic mass is 16.5. The molecule has 1 aliphatic heterocycles. The Labute approximate surface area is 182 Å². The van der Waals surface area contributed by atoms with Crippen LogP contribution in [0, 0.1) is 13.8 Å². The fourth-order valence-electron chi connectivity index (χ4n) is 3.71. The number of rotatable bonds is 6. The number of phenolic OH excluding ortho intramolecular Hbond substituents is 1. The number of amides is 1. The number of benzene rings is 2. The second kappa shape index (κ2) is 8.81. The molecule has 1 fully saturated rings. The van der Waals surface area contributed by atoms with Crippen molar-refractivity contribution in [2.75, 3.05) is 34.3 Å². The maximum absolute atomic E-state index is 13.0. The fourth-order valence-corrected chi connectivity index (χ4v) is 3.71. The van der Waals surface area contributed by atoms with E-state index in [9.17, 15) is 19.8 Å². The van der Waals surface area contributed by atoms with E-state index in [-0.39, 0.29) is 22.6 Å². The number of hydrogen-bond acceptors (Lipinski definition) is 6. The number of likely N-dealkylation sites (tertiary alicyclic amines) is 1. The van der Waals surface area contributed by atoms with E-state index in [1.807, 2.05) is 32.8 Å². The van der Waals surface area contributed by atoms with Crippen molar-refractivity contribution >= 4 is 17.4 Å². The number of likely N-dealkylation sites (N-methyl/N-ethyl adjacent to an activating group) is 1. The van der Waals surface area contributed by atoms with Crippen molar-refractivity contribution in [1.82, 2.24) is 9.80 Å². The summed E-state index contributed by atoms with van der Waals surface area (Å²) in [6.07, 6.45) is 0. The van der Waals surface area contributed by atoms with E-state index in [0.29, 0.717) is 24.4 Å². The van der Waals surface area contributed by atoms with Crippen molar-refractivity contribution in [3.05, 3.63) is 64.2 Å². The standard InChI is InChI=1S/C24H28N2O5/c1-14-11-18(19(27)12-15(14)2)22(28)20-21(16-7-6-8-17(13-16)31-5)26(10-9-25(3)4)24(30)23(20)29/h6-8,11-13,21,27-28H,9-10H2,1-5H3/t21-/m0/s1. The molecule has 0 radical (unpaired) electrons. The molecule has 1 amide bonds. The van der Waals surface area contributed by atoms with Gasteiger partial charge >= 0.3 is 0 Å². The number of aromatic hydroxyl groups is 1. The number of hydrogen-bond donors (Lipinski definition) is 2. The number of Topliss-reactive ketones (excluding diaryl/α,β-unsaturated/α-hetero) is 1. The average molecular weight is 424 g/mol. The van der Waals surface area contributed by atoms with Gasteiger partial charge in [0.15, 0.2) is 0 Å². The van der Waals surface area contributed by atoms with Crippen LogP contribution in [0.15, 0.2) is 42.0 Å². The number of ether oxygens (including phenoxy) is 1. The van der Waals surface area contributed by atoms with E-state index < -0.39 is 17.7 Å². The number of ketones is 1. The second-order valence-corrected chi connectivity index (χ2v) is 8.03. The molecule has 1 atom stereocenters. The van der Waals surface area contributed by atoms with Gasteiger partial charge in [0, 0.05) is 13.1 Å². The highest BCUT2D eigenvalue weighted by molar-refractivity contribution is 6.46. The maximum atomic E-state index is 13.0. The first-order valence-corrected chi connectivity index (χ1v) is 10.0. The van der Waals surface area contributed by atoms with Crippen LogP contribution in [0.3, 0.4) is 0 Å². The summed E-state index contributed by atoms with van der Waals surface area (Å²) in [5.41, 5.74) is 2.42. The Balaban J connectivity index is 2.22. The van der Waals surface area contributed by atoms with Crippen LogP contribution in [0.5, 0.6) is 11.5 Å². The molecule has 0 aromatic heterocycles. The second-order valence-electron chi connectivity index (χ2n) is 8.03. The first kappa shape index (κ1) is 22.4. The molecule has 3 rings (SSSR count). The average Bonchev–Trinajstić information content (AvgIpc) is 2.99. The number of carbonyl (C=O) groups is 2. The topological polar surface area (TPSA) is 90.3 Å². The van der Waals surface area contributed by atoms with Gasteiger partial charge in [0.05, 0.1) is 24.3 Å². The summed E-state index contributed by atoms with van der Waals surface area (Å²) in [4.78, 5) is 29.3. The normalized spacial score (nSPS) is 18.1. The van der Waals surface area contributed by atoms with Gasteiger partial charge in [0.2, 0.25) is 0 Å². The molecule has 0 aliphatic carbocycles. The van der Waals surface area contributed by atoms with Crippen molar-refractivity contribution in [2.45, 2.75) is 19.9 Å². The van der Waals surface area contributed by atoms with Crippen molar-refractivity contribution in [3.8, 4) is 11.5 Å². The number of nitrogens with zero attached hydrogens (tertiary/aromatic N) is 2. The van der Waals surface area contributed by atoms with Gasteiger partial charge in [-0.15, -0.1) is 0 Å². The van der Waals surface area contributed by atoms with E-state index in [1.165, 1.54) is 18.1 Å². The van der Waals surface area contributed by atoms with Crippen molar-refractivity contribution in [3.63, 3.8) is 0 Å². The maximum Gasteiger partial charge on any atom is 0.295 e. The fraction of sp³-hybridized carbons (Fsp3) is 0.333. The zero-order chi connectivity index (χ0) is 22.9. The third-order valence-corrected chi connectivity index (χ3v) is 5.60. The van der Waals surface area contributed by atoms with Crippen LogP contribution in [0.4, 0.5) is 0 Å². The molecule has 7 nitrogen and oxygen atoms in total. The van der Waals surface area contributed by atoms with E-state index in [1.54, 1.807) is 30.3 Å². The Morgan fingerprint density at radius 1 is 1.13 bits per heavy atom. The minimum absolute atomic E-state index is 0.0458. The smallest absolute Gasteiger partial charge is 0.295 e. The van der Waals surface area contributed by atoms with Gasteiger partial charge in [-0.05, 0) is 68.9 Å². The monoisotopic (exact) mass is 424 g/mol. The van der Waals surface area contributed by atoms with E-state index in [2.05, 4.69) is 0 Å². The molecule has 0 spiro atoms. The van der Waals surface area contributed by atoms with Crippen LogP contribution in [-0.4, -0.2) is 66.0 Å². The van der Waals surface area contributed by atoms with Crippen LogP contribution in [-0.2, 0) is 9.59 Å². The van der Waals surface area contributed by atoms with Gasteiger partial charge in [-0.25, -0.2) is 0 Å². The van der Waals surface area contributed by atoms with E-state index in [4.69, 9.17) is 4.74 Å². The first-order valence-electron chi connectivity index (χ1n) is 10.0. The molecule has 164 valence electrons. The summed E-state index contributed by atoms with van der Waals surface area (Å²) in [6, 6.07) is 9.43. The summed E-state index contributed by atoms with van der Waals surface area (Å²) < 4.78 is 5.31. The Kier molecular flexibility index (Phi) is 6.36. The Morgan fingerprint density at radius 3 is 2.45 bits per heavy atom. The molecule has 2 aromatic rings. The molecule has 0 unspecified atom stereocenters. The van der Waals surface area contributed by atoms with Crippen molar-refractivity contribution in [2.24, 2.45) is 0 Å². The lowest BCUT2D eigenvalue weighted by molar-refractivity contribution is -0.140. The molecule has 0 saturated carbocycles. The highest BCUT2D eigenvalue weighted by Gasteiger charge is 2.46. The molecule has 1 aliphatic rings. The summed E-state index contributed by atoms with van der Waals surface area (Å²) in [6.45, 7) is 4.54. The lowest BCUT2D eigenvalue weighted by Crippen LogP contribution is -2.35. The summed E-state index contributed by atoms with van der Waals surface area (Å²) in [5, 5.41) is 21.6. The van der Waals surface area contributed by atoms with Gasteiger partial charge in [0.1, 0.15) is 17.3 Å². The Morgan fingerprint density at radius 2 is 1.81 bits per heavy atom. The van der Waals surface area contributed by atoms with Crippen molar-refractivity contribution in [1.29, 1.82) is 0 Å². The van der Waals surface area contributed by atoms with Crippen LogP contribution in [0.1, 0.15) is 28.3 Å².